The highest BCUT2D eigenvalue weighted by molar-refractivity contribution is 7.89. The number of hydrogen-bond donors (Lipinski definition) is 4. The topological polar surface area (TPSA) is 149 Å². The van der Waals surface area contributed by atoms with Gasteiger partial charge in [0.1, 0.15) is 0 Å². The van der Waals surface area contributed by atoms with E-state index in [-0.39, 0.29) is 56.9 Å². The number of anilines is 2. The van der Waals surface area contributed by atoms with E-state index in [1.807, 2.05) is 19.0 Å². The first kappa shape index (κ1) is 33.4. The van der Waals surface area contributed by atoms with E-state index in [4.69, 9.17) is 23.2 Å². The van der Waals surface area contributed by atoms with Crippen molar-refractivity contribution in [3.05, 3.63) is 82.1 Å². The number of sulfonamides is 1. The Balaban J connectivity index is 1.36. The molecule has 1 aliphatic heterocycles. The molecule has 0 bridgehead atoms. The van der Waals surface area contributed by atoms with E-state index >= 15 is 0 Å². The van der Waals surface area contributed by atoms with Gasteiger partial charge < -0.3 is 26.0 Å². The Morgan fingerprint density at radius 2 is 1.80 bits per heavy atom. The second-order valence-electron chi connectivity index (χ2n) is 10.6. The third-order valence-corrected chi connectivity index (χ3v) is 9.43. The lowest BCUT2D eigenvalue weighted by atomic mass is 10.1. The van der Waals surface area contributed by atoms with Crippen LogP contribution in [0, 0.1) is 0 Å². The first-order chi connectivity index (χ1) is 20.8. The summed E-state index contributed by atoms with van der Waals surface area (Å²) in [4.78, 5) is 27.4. The Morgan fingerprint density at radius 1 is 1.14 bits per heavy atom. The Morgan fingerprint density at radius 3 is 2.45 bits per heavy atom. The van der Waals surface area contributed by atoms with Gasteiger partial charge in [-0.15, -0.1) is 0 Å². The molecule has 1 fully saturated rings. The maximum absolute atomic E-state index is 13.4. The predicted octanol–water partition coefficient (Wildman–Crippen LogP) is 3.47. The number of benzene rings is 2. The van der Waals surface area contributed by atoms with Crippen LogP contribution in [0.15, 0.2) is 65.7 Å². The van der Waals surface area contributed by atoms with Gasteiger partial charge in [-0.1, -0.05) is 41.4 Å². The molecule has 2 aromatic carbocycles. The number of halogens is 2. The van der Waals surface area contributed by atoms with Crippen LogP contribution in [0.5, 0.6) is 0 Å². The Labute approximate surface area is 266 Å². The minimum Gasteiger partial charge on any atom is -0.369 e. The largest absolute Gasteiger partial charge is 0.369 e. The number of piperidine rings is 1. The molecule has 2 heterocycles. The number of nitrogens with zero attached hydrogens (tertiary/aromatic N) is 4. The molecule has 1 atom stereocenters. The molecule has 2 amide bonds. The summed E-state index contributed by atoms with van der Waals surface area (Å²) in [5.74, 6) is -0.832. The first-order valence-electron chi connectivity index (χ1n) is 13.8. The summed E-state index contributed by atoms with van der Waals surface area (Å²) in [5, 5.41) is 24.0. The van der Waals surface area contributed by atoms with E-state index in [0.29, 0.717) is 25.1 Å². The maximum atomic E-state index is 13.4. The molecule has 1 aliphatic rings. The molecule has 236 valence electrons. The molecule has 4 N–H and O–H groups in total. The first-order valence-corrected chi connectivity index (χ1v) is 16.0. The molecule has 44 heavy (non-hydrogen) atoms. The number of hydrogen-bond acceptors (Lipinski definition) is 8. The van der Waals surface area contributed by atoms with Crippen molar-refractivity contribution in [1.82, 2.24) is 24.3 Å². The summed E-state index contributed by atoms with van der Waals surface area (Å²) in [6.45, 7) is 0.975. The fraction of sp³-hybridized carbons (Fsp3) is 0.345. The monoisotopic (exact) mass is 663 g/mol. The molecule has 0 aliphatic carbocycles. The summed E-state index contributed by atoms with van der Waals surface area (Å²) >= 11 is 12.4. The third-order valence-electron chi connectivity index (χ3n) is 6.88. The van der Waals surface area contributed by atoms with Gasteiger partial charge in [0.2, 0.25) is 15.9 Å². The fourth-order valence-corrected chi connectivity index (χ4v) is 6.81. The van der Waals surface area contributed by atoms with Gasteiger partial charge in [-0.05, 0) is 57.3 Å². The SMILES string of the molecule is CN(C)C/C=C/C(=O)Nc1cccc(S(=O)(=O)N2CCC(NC(=O)c3nn(C)cc3NC(O)c3c(Cl)cccc3Cl)CC2)c1. The number of likely N-dealkylation sites (N-methyl/N-ethyl adjacent to an activating group) is 1. The summed E-state index contributed by atoms with van der Waals surface area (Å²) in [6.07, 6.45) is 4.13. The quantitative estimate of drug-likeness (QED) is 0.180. The minimum atomic E-state index is -3.83. The van der Waals surface area contributed by atoms with Crippen molar-refractivity contribution in [1.29, 1.82) is 0 Å². The zero-order valence-corrected chi connectivity index (χ0v) is 26.8. The fourth-order valence-electron chi connectivity index (χ4n) is 4.69. The van der Waals surface area contributed by atoms with E-state index in [2.05, 4.69) is 21.0 Å². The highest BCUT2D eigenvalue weighted by Crippen LogP contribution is 2.32. The lowest BCUT2D eigenvalue weighted by Crippen LogP contribution is -2.46. The van der Waals surface area contributed by atoms with Gasteiger partial charge in [0.15, 0.2) is 11.9 Å². The van der Waals surface area contributed by atoms with Crippen LogP contribution >= 0.6 is 23.2 Å². The van der Waals surface area contributed by atoms with Crippen LogP contribution < -0.4 is 16.0 Å². The van der Waals surface area contributed by atoms with E-state index in [0.717, 1.165) is 0 Å². The van der Waals surface area contributed by atoms with Crippen LogP contribution in [-0.4, -0.2) is 84.1 Å². The van der Waals surface area contributed by atoms with Gasteiger partial charge in [-0.2, -0.15) is 9.40 Å². The highest BCUT2D eigenvalue weighted by atomic mass is 35.5. The Bertz CT molecular complexity index is 1620. The number of aryl methyl sites for hydroxylation is 1. The molecule has 0 saturated carbocycles. The zero-order chi connectivity index (χ0) is 32.0. The van der Waals surface area contributed by atoms with Crippen LogP contribution in [0.2, 0.25) is 10.0 Å². The molecule has 12 nitrogen and oxygen atoms in total. The summed E-state index contributed by atoms with van der Waals surface area (Å²) < 4.78 is 29.6. The minimum absolute atomic E-state index is 0.0557. The summed E-state index contributed by atoms with van der Waals surface area (Å²) in [5.41, 5.74) is 0.965. The molecule has 1 aromatic heterocycles. The average Bonchev–Trinajstić information content (AvgIpc) is 3.33. The third kappa shape index (κ3) is 8.37. The van der Waals surface area contributed by atoms with Crippen LogP contribution in [0.25, 0.3) is 0 Å². The van der Waals surface area contributed by atoms with Gasteiger partial charge >= 0.3 is 0 Å². The highest BCUT2D eigenvalue weighted by Gasteiger charge is 2.31. The van der Waals surface area contributed by atoms with Crippen molar-refractivity contribution in [2.45, 2.75) is 30.0 Å². The molecule has 3 aromatic rings. The van der Waals surface area contributed by atoms with E-state index < -0.39 is 22.2 Å². The molecular weight excluding hydrogens is 629 g/mol. The van der Waals surface area contributed by atoms with Crippen LogP contribution in [-0.2, 0) is 21.9 Å². The molecular formula is C29H35Cl2N7O5S. The van der Waals surface area contributed by atoms with Gasteiger partial charge in [0, 0.05) is 66.3 Å². The van der Waals surface area contributed by atoms with E-state index in [9.17, 15) is 23.1 Å². The van der Waals surface area contributed by atoms with Crippen molar-refractivity contribution >= 4 is 56.4 Å². The second-order valence-corrected chi connectivity index (χ2v) is 13.3. The number of nitrogens with one attached hydrogen (secondary N) is 3. The predicted molar refractivity (Wildman–Crippen MR) is 170 cm³/mol. The number of carbonyl (C=O) groups excluding carboxylic acids is 2. The number of aromatic nitrogens is 2. The maximum Gasteiger partial charge on any atom is 0.274 e. The van der Waals surface area contributed by atoms with Gasteiger partial charge in [-0.3, -0.25) is 14.3 Å². The van der Waals surface area contributed by atoms with Crippen LogP contribution in [0.3, 0.4) is 0 Å². The molecule has 1 unspecified atom stereocenters. The standard InChI is InChI=1S/C29H35Cl2N7O5S/c1-36(2)14-6-11-25(39)32-20-7-4-8-21(17-20)44(42,43)38-15-12-19(13-16-38)33-29(41)27-24(18-37(3)35-27)34-28(40)26-22(30)9-5-10-23(26)31/h4-11,17-19,28,34,40H,12-16H2,1-3H3,(H,32,39)(H,33,41)/b11-6+. The number of amides is 2. The van der Waals surface area contributed by atoms with Crippen molar-refractivity contribution in [2.24, 2.45) is 7.05 Å². The number of carbonyl (C=O) groups is 2. The second kappa shape index (κ2) is 14.5. The normalized spacial score (nSPS) is 15.4. The number of aliphatic hydroxyl groups is 1. The van der Waals surface area contributed by atoms with Crippen molar-refractivity contribution in [3.63, 3.8) is 0 Å². The van der Waals surface area contributed by atoms with Gasteiger partial charge in [0.25, 0.3) is 5.91 Å². The molecule has 1 saturated heterocycles. The lowest BCUT2D eigenvalue weighted by Gasteiger charge is -2.31. The smallest absolute Gasteiger partial charge is 0.274 e. The molecule has 4 rings (SSSR count). The molecule has 15 heteroatoms. The summed E-state index contributed by atoms with van der Waals surface area (Å²) in [7, 11) is 1.58. The zero-order valence-electron chi connectivity index (χ0n) is 24.5. The molecule has 0 spiro atoms. The van der Waals surface area contributed by atoms with Crippen LogP contribution in [0.1, 0.15) is 35.1 Å². The summed E-state index contributed by atoms with van der Waals surface area (Å²) in [6, 6.07) is 10.7. The van der Waals surface area contributed by atoms with Crippen molar-refractivity contribution in [2.75, 3.05) is 44.4 Å². The van der Waals surface area contributed by atoms with Crippen LogP contribution in [0.4, 0.5) is 11.4 Å². The van der Waals surface area contributed by atoms with Gasteiger partial charge in [0.05, 0.1) is 10.6 Å². The van der Waals surface area contributed by atoms with Crippen molar-refractivity contribution < 1.29 is 23.1 Å². The Kier molecular flexibility index (Phi) is 11.1. The molecule has 0 radical (unpaired) electrons. The number of aliphatic hydroxyl groups excluding tert-OH is 1. The van der Waals surface area contributed by atoms with E-state index in [1.54, 1.807) is 49.7 Å². The average molecular weight is 665 g/mol. The van der Waals surface area contributed by atoms with E-state index in [1.165, 1.54) is 27.2 Å². The number of rotatable bonds is 11. The van der Waals surface area contributed by atoms with Crippen molar-refractivity contribution in [3.8, 4) is 0 Å². The van der Waals surface area contributed by atoms with Gasteiger partial charge in [-0.25, -0.2) is 8.42 Å². The lowest BCUT2D eigenvalue weighted by molar-refractivity contribution is -0.111. The Hall–Kier alpha value is -3.46.